The van der Waals surface area contributed by atoms with Crippen LogP contribution < -0.4 is 20.0 Å². The molecule has 0 amide bonds. The standard InChI is InChI=1S/C41H44N2O16S/c1-7-32-40(4)39(54-27(3)44)41(5,58-32)36(30(57-40)20-14-9-8-13-19-29-26(2)31(51-6)25-35(47)55-29)56-34(46)22-21-33(45)52-23-15-16-24-53-37-38(43(48)59-42-37)60(49,50)28-17-11-10-12-18-28/h8-14,17-20,25,30,32,36,39H,7,21-24H2,1-6H3/b9-8+,19-13+,20-14+/t30-,32+,36-,39+,40-,41+/m0/s1. The van der Waals surface area contributed by atoms with Gasteiger partial charge in [0.15, 0.2) is 25.4 Å². The van der Waals surface area contributed by atoms with E-state index < -0.39 is 99.5 Å². The minimum atomic E-state index is -4.32. The van der Waals surface area contributed by atoms with E-state index >= 15 is 0 Å². The predicted octanol–water partition coefficient (Wildman–Crippen LogP) is 3.51. The van der Waals surface area contributed by atoms with Crippen molar-refractivity contribution in [2.24, 2.45) is 0 Å². The number of ether oxygens (including phenoxy) is 7. The Morgan fingerprint density at radius 1 is 0.983 bits per heavy atom. The van der Waals surface area contributed by atoms with E-state index in [1.165, 1.54) is 44.4 Å². The van der Waals surface area contributed by atoms with Crippen LogP contribution in [0.2, 0.25) is 0 Å². The molecule has 2 fully saturated rings. The molecule has 0 aliphatic carbocycles. The van der Waals surface area contributed by atoms with Crippen LogP contribution in [0.15, 0.2) is 90.5 Å². The summed E-state index contributed by atoms with van der Waals surface area (Å²) >= 11 is 0. The number of nitrogens with zero attached hydrogens (tertiary/aromatic N) is 2. The Bertz CT molecular complexity index is 2370. The first kappa shape index (κ1) is 44.9. The van der Waals surface area contributed by atoms with Crippen LogP contribution in [0.25, 0.3) is 6.08 Å². The molecule has 2 aliphatic rings. The molecule has 0 N–H and O–H groups in total. The van der Waals surface area contributed by atoms with E-state index in [4.69, 9.17) is 37.6 Å². The van der Waals surface area contributed by atoms with Crippen LogP contribution in [0, 0.1) is 24.0 Å². The number of rotatable bonds is 16. The van der Waals surface area contributed by atoms with Gasteiger partial charge in [0, 0.05) is 12.5 Å². The molecular formula is C41H44N2O16S. The summed E-state index contributed by atoms with van der Waals surface area (Å²) in [5.41, 5.74) is -2.37. The molecule has 6 atom stereocenters. The molecule has 2 aliphatic heterocycles. The lowest BCUT2D eigenvalue weighted by molar-refractivity contribution is -0.832. The largest absolute Gasteiger partial charge is 0.496 e. The van der Waals surface area contributed by atoms with E-state index in [2.05, 4.69) is 21.6 Å². The highest BCUT2D eigenvalue weighted by Crippen LogP contribution is 2.52. The number of benzene rings is 1. The van der Waals surface area contributed by atoms with Crippen molar-refractivity contribution < 1.29 is 69.9 Å². The predicted molar refractivity (Wildman–Crippen MR) is 207 cm³/mol. The lowest BCUT2D eigenvalue weighted by Gasteiger charge is -2.48. The fourth-order valence-corrected chi connectivity index (χ4v) is 8.17. The Morgan fingerprint density at radius 3 is 2.38 bits per heavy atom. The number of fused-ring (bicyclic) bond motifs is 2. The summed E-state index contributed by atoms with van der Waals surface area (Å²) in [6, 6.07) is 8.39. The minimum absolute atomic E-state index is 0.179. The molecule has 2 aromatic heterocycles. The molecule has 0 radical (unpaired) electrons. The van der Waals surface area contributed by atoms with Crippen molar-refractivity contribution in [3.63, 3.8) is 0 Å². The first-order valence-electron chi connectivity index (χ1n) is 18.6. The summed E-state index contributed by atoms with van der Waals surface area (Å²) in [5.74, 6) is 2.99. The van der Waals surface area contributed by atoms with E-state index in [1.807, 2.05) is 6.92 Å². The fourth-order valence-electron chi connectivity index (χ4n) is 6.88. The minimum Gasteiger partial charge on any atom is -0.496 e. The number of hydrogen-bond donors (Lipinski definition) is 0. The second-order valence-electron chi connectivity index (χ2n) is 13.8. The lowest BCUT2D eigenvalue weighted by atomic mass is 9.77. The summed E-state index contributed by atoms with van der Waals surface area (Å²) in [4.78, 5) is 49.4. The molecule has 3 aromatic rings. The zero-order valence-corrected chi connectivity index (χ0v) is 34.4. The number of allylic oxidation sites excluding steroid dienone is 4. The van der Waals surface area contributed by atoms with Gasteiger partial charge >= 0.3 is 34.4 Å². The van der Waals surface area contributed by atoms with Crippen LogP contribution in [-0.4, -0.2) is 87.4 Å². The van der Waals surface area contributed by atoms with Crippen molar-refractivity contribution >= 4 is 33.8 Å². The third-order valence-electron chi connectivity index (χ3n) is 9.64. The summed E-state index contributed by atoms with van der Waals surface area (Å²) in [7, 11) is -2.87. The van der Waals surface area contributed by atoms with Crippen molar-refractivity contribution in [3.8, 4) is 23.5 Å². The Balaban J connectivity index is 1.19. The van der Waals surface area contributed by atoms with Gasteiger partial charge in [-0.15, -0.1) is 0 Å². The zero-order valence-electron chi connectivity index (χ0n) is 33.6. The molecule has 60 heavy (non-hydrogen) atoms. The highest BCUT2D eigenvalue weighted by atomic mass is 32.2. The van der Waals surface area contributed by atoms with Crippen molar-refractivity contribution in [2.45, 2.75) is 99.4 Å². The summed E-state index contributed by atoms with van der Waals surface area (Å²) in [6.45, 7) is 7.52. The lowest BCUT2D eigenvalue weighted by Crippen LogP contribution is -2.66. The molecule has 18 nitrogen and oxygen atoms in total. The Morgan fingerprint density at radius 2 is 1.68 bits per heavy atom. The average molecular weight is 853 g/mol. The zero-order chi connectivity index (χ0) is 43.7. The van der Waals surface area contributed by atoms with Crippen LogP contribution in [0.1, 0.15) is 58.3 Å². The van der Waals surface area contributed by atoms with Gasteiger partial charge in [0.1, 0.15) is 28.8 Å². The summed E-state index contributed by atoms with van der Waals surface area (Å²) < 4.78 is 75.6. The number of methoxy groups -OCH3 is 1. The number of carbonyl (C=O) groups is 3. The van der Waals surface area contributed by atoms with Gasteiger partial charge in [-0.3, -0.25) is 19.0 Å². The quantitative estimate of drug-likeness (QED) is 0.0659. The van der Waals surface area contributed by atoms with Crippen LogP contribution in [0.3, 0.4) is 0 Å². The molecule has 5 rings (SSSR count). The van der Waals surface area contributed by atoms with Gasteiger partial charge in [0.05, 0.1) is 42.2 Å². The second kappa shape index (κ2) is 19.2. The normalized spacial score (nSPS) is 23.6. The summed E-state index contributed by atoms with van der Waals surface area (Å²) in [6.07, 6.45) is 6.20. The van der Waals surface area contributed by atoms with Crippen LogP contribution >= 0.6 is 0 Å². The van der Waals surface area contributed by atoms with Gasteiger partial charge in [-0.2, -0.15) is 0 Å². The van der Waals surface area contributed by atoms with Gasteiger partial charge in [0.25, 0.3) is 9.84 Å². The molecule has 2 saturated heterocycles. The maximum atomic E-state index is 13.3. The number of hydrogen-bond acceptors (Lipinski definition) is 17. The number of sulfone groups is 1. The van der Waals surface area contributed by atoms with E-state index in [0.717, 1.165) is 0 Å². The average Bonchev–Trinajstić information content (AvgIpc) is 3.66. The van der Waals surface area contributed by atoms with E-state index in [0.29, 0.717) is 23.5 Å². The highest BCUT2D eigenvalue weighted by Gasteiger charge is 2.71. The molecule has 320 valence electrons. The molecular weight excluding hydrogens is 809 g/mol. The molecule has 4 heterocycles. The first-order valence-corrected chi connectivity index (χ1v) is 20.1. The van der Waals surface area contributed by atoms with Gasteiger partial charge in [0.2, 0.25) is 0 Å². The number of esters is 3. The van der Waals surface area contributed by atoms with Gasteiger partial charge in [-0.05, 0) is 50.3 Å². The Hall–Kier alpha value is -6.23. The first-order chi connectivity index (χ1) is 28.5. The van der Waals surface area contributed by atoms with Crippen LogP contribution in [-0.2, 0) is 47.9 Å². The molecule has 0 unspecified atom stereocenters. The highest BCUT2D eigenvalue weighted by molar-refractivity contribution is 7.91. The summed E-state index contributed by atoms with van der Waals surface area (Å²) in [5, 5.41) is 14.5. The van der Waals surface area contributed by atoms with Crippen molar-refractivity contribution in [3.05, 3.63) is 93.7 Å². The topological polar surface area (TPSA) is 233 Å². The molecule has 1 aromatic carbocycles. The molecule has 2 bridgehead atoms. The van der Waals surface area contributed by atoms with Gasteiger partial charge in [-0.1, -0.05) is 67.3 Å². The van der Waals surface area contributed by atoms with E-state index in [-0.39, 0.29) is 16.2 Å². The van der Waals surface area contributed by atoms with Crippen molar-refractivity contribution in [1.82, 2.24) is 5.16 Å². The van der Waals surface area contributed by atoms with Crippen molar-refractivity contribution in [1.29, 1.82) is 0 Å². The van der Waals surface area contributed by atoms with Crippen molar-refractivity contribution in [2.75, 3.05) is 20.3 Å². The van der Waals surface area contributed by atoms with Crippen LogP contribution in [0.4, 0.5) is 0 Å². The fraction of sp³-hybridized carbons (Fsp3) is 0.415. The monoisotopic (exact) mass is 852 g/mol. The Labute approximate surface area is 345 Å². The third kappa shape index (κ3) is 9.96. The third-order valence-corrected chi connectivity index (χ3v) is 11.4. The maximum absolute atomic E-state index is 13.3. The van der Waals surface area contributed by atoms with Gasteiger partial charge < -0.3 is 42.8 Å². The van der Waals surface area contributed by atoms with Gasteiger partial charge in [-0.25, -0.2) is 13.2 Å². The molecule has 19 heteroatoms. The smallest absolute Gasteiger partial charge is 0.415 e. The van der Waals surface area contributed by atoms with Crippen LogP contribution in [0.5, 0.6) is 11.6 Å². The SMILES string of the molecule is CC[C@H]1O[C@@]2(C)[C@H](OC(C)=O)[C@@]1(C)O[C@@H](/C=C/C=C/C=C/c1oc(=O)cc(OC)c1C)[C@@H]2OC(=O)CCC(=O)OCC#CCOc1no[n+]([O-])c1S(=O)(=O)c1ccccc1. The van der Waals surface area contributed by atoms with E-state index in [1.54, 1.807) is 63.3 Å². The second-order valence-corrected chi connectivity index (χ2v) is 15.6. The van der Waals surface area contributed by atoms with E-state index in [9.17, 15) is 32.8 Å². The Kier molecular flexibility index (Phi) is 14.4. The number of aromatic nitrogens is 2. The molecule has 0 saturated carbocycles. The number of carbonyl (C=O) groups excluding carboxylic acids is 3. The maximum Gasteiger partial charge on any atom is 0.415 e. The molecule has 0 spiro atoms.